The van der Waals surface area contributed by atoms with E-state index in [-0.39, 0.29) is 0 Å². The number of benzene rings is 6. The van der Waals surface area contributed by atoms with Crippen molar-refractivity contribution < 1.29 is 0 Å². The third-order valence-electron chi connectivity index (χ3n) is 10.2. The molecule has 8 rings (SSSR count). The third-order valence-corrected chi connectivity index (χ3v) is 10.2. The molecule has 2 aliphatic carbocycles. The number of anilines is 3. The van der Waals surface area contributed by atoms with Crippen molar-refractivity contribution >= 4 is 22.6 Å². The average molecular weight is 685 g/mol. The predicted octanol–water partition coefficient (Wildman–Crippen LogP) is 14.3. The van der Waals surface area contributed by atoms with Gasteiger partial charge in [0.2, 0.25) is 0 Å². The van der Waals surface area contributed by atoms with E-state index in [1.807, 2.05) is 0 Å². The predicted molar refractivity (Wildman–Crippen MR) is 226 cm³/mol. The molecule has 0 saturated carbocycles. The molecule has 0 heterocycles. The summed E-state index contributed by atoms with van der Waals surface area (Å²) in [6.07, 6.45) is 15.3. The van der Waals surface area contributed by atoms with Crippen LogP contribution in [0.5, 0.6) is 0 Å². The van der Waals surface area contributed by atoms with Gasteiger partial charge in [-0.05, 0) is 126 Å². The van der Waals surface area contributed by atoms with E-state index in [0.717, 1.165) is 48.4 Å². The Morgan fingerprint density at radius 1 is 0.472 bits per heavy atom. The van der Waals surface area contributed by atoms with Crippen molar-refractivity contribution in [3.63, 3.8) is 0 Å². The van der Waals surface area contributed by atoms with Crippen LogP contribution >= 0.6 is 0 Å². The summed E-state index contributed by atoms with van der Waals surface area (Å²) in [6, 6.07) is 56.8. The lowest BCUT2D eigenvalue weighted by molar-refractivity contribution is 0.481. The minimum atomic E-state index is 0.966. The molecule has 0 fully saturated rings. The van der Waals surface area contributed by atoms with E-state index in [2.05, 4.69) is 211 Å². The summed E-state index contributed by atoms with van der Waals surface area (Å²) >= 11 is 0. The van der Waals surface area contributed by atoms with Gasteiger partial charge in [-0.2, -0.15) is 0 Å². The molecule has 53 heavy (non-hydrogen) atoms. The summed E-state index contributed by atoms with van der Waals surface area (Å²) in [4.78, 5) is 4.72. The van der Waals surface area contributed by atoms with Crippen molar-refractivity contribution in [1.82, 2.24) is 4.90 Å². The van der Waals surface area contributed by atoms with Gasteiger partial charge in [-0.15, -0.1) is 0 Å². The topological polar surface area (TPSA) is 6.48 Å². The summed E-state index contributed by atoms with van der Waals surface area (Å²) in [6.45, 7) is 6.46. The van der Waals surface area contributed by atoms with Gasteiger partial charge in [-0.25, -0.2) is 0 Å². The molecule has 0 aliphatic heterocycles. The lowest BCUT2D eigenvalue weighted by Crippen LogP contribution is -2.21. The summed E-state index contributed by atoms with van der Waals surface area (Å²) in [5.41, 5.74) is 17.0. The van der Waals surface area contributed by atoms with Crippen molar-refractivity contribution in [3.05, 3.63) is 217 Å². The minimum absolute atomic E-state index is 0.966. The third kappa shape index (κ3) is 7.22. The standard InChI is InChI=1S/C51H44N2/c1-38(2)52(43-21-11-5-12-22-43)45-33-29-42(30-34-45)48-25-15-16-26-49(48)50-36-35-47(37-51(50)41-19-9-4-10-20-41)53(44-23-13-6-14-24-44)46-31-27-40(28-32-46)39-17-7-3-8-18-39/h3-11,13-21,23-29,31-33,35-37H,1,12,22,30,34H2,2H3. The van der Waals surface area contributed by atoms with Crippen LogP contribution in [0.25, 0.3) is 39.0 Å². The summed E-state index contributed by atoms with van der Waals surface area (Å²) in [7, 11) is 0. The van der Waals surface area contributed by atoms with Crippen LogP contribution in [0.4, 0.5) is 17.1 Å². The van der Waals surface area contributed by atoms with Crippen molar-refractivity contribution in [2.45, 2.75) is 32.6 Å². The molecule has 0 saturated heterocycles. The number of nitrogens with zero attached hydrogens (tertiary/aromatic N) is 2. The van der Waals surface area contributed by atoms with Crippen LogP contribution in [0.1, 0.15) is 38.2 Å². The fourth-order valence-electron chi connectivity index (χ4n) is 7.71. The maximum Gasteiger partial charge on any atom is 0.0468 e. The highest BCUT2D eigenvalue weighted by molar-refractivity contribution is 5.93. The molecule has 0 atom stereocenters. The van der Waals surface area contributed by atoms with Crippen molar-refractivity contribution in [1.29, 1.82) is 0 Å². The van der Waals surface area contributed by atoms with E-state index in [1.54, 1.807) is 0 Å². The van der Waals surface area contributed by atoms with Crippen molar-refractivity contribution in [3.8, 4) is 33.4 Å². The summed E-state index contributed by atoms with van der Waals surface area (Å²) < 4.78 is 0. The molecule has 2 heteroatoms. The highest BCUT2D eigenvalue weighted by Gasteiger charge is 2.22. The first-order valence-corrected chi connectivity index (χ1v) is 18.6. The molecular formula is C51H44N2. The van der Waals surface area contributed by atoms with E-state index < -0.39 is 0 Å². The van der Waals surface area contributed by atoms with Gasteiger partial charge in [0.15, 0.2) is 0 Å². The molecule has 258 valence electrons. The van der Waals surface area contributed by atoms with E-state index in [1.165, 1.54) is 55.9 Å². The Labute approximate surface area is 314 Å². The maximum atomic E-state index is 4.35. The Bertz CT molecular complexity index is 2340. The molecule has 0 aromatic heterocycles. The molecule has 6 aromatic carbocycles. The van der Waals surface area contributed by atoms with Crippen LogP contribution in [-0.4, -0.2) is 4.90 Å². The van der Waals surface area contributed by atoms with Crippen molar-refractivity contribution in [2.24, 2.45) is 0 Å². The number of allylic oxidation sites excluding steroid dienone is 9. The zero-order valence-electron chi connectivity index (χ0n) is 30.3. The van der Waals surface area contributed by atoms with Crippen LogP contribution < -0.4 is 4.90 Å². The van der Waals surface area contributed by atoms with E-state index >= 15 is 0 Å². The quantitative estimate of drug-likeness (QED) is 0.142. The summed E-state index contributed by atoms with van der Waals surface area (Å²) in [5.74, 6) is 0. The Hall–Kier alpha value is -6.38. The second kappa shape index (κ2) is 15.5. The van der Waals surface area contributed by atoms with Gasteiger partial charge in [0.1, 0.15) is 0 Å². The fraction of sp³-hybridized carbons (Fsp3) is 0.0980. The highest BCUT2D eigenvalue weighted by Crippen LogP contribution is 2.44. The molecule has 0 radical (unpaired) electrons. The second-order valence-electron chi connectivity index (χ2n) is 13.8. The van der Waals surface area contributed by atoms with Crippen LogP contribution in [0.3, 0.4) is 0 Å². The molecular weight excluding hydrogens is 641 g/mol. The largest absolute Gasteiger partial charge is 0.323 e. The Morgan fingerprint density at radius 2 is 1.04 bits per heavy atom. The van der Waals surface area contributed by atoms with Crippen LogP contribution in [0.2, 0.25) is 0 Å². The van der Waals surface area contributed by atoms with Crippen molar-refractivity contribution in [2.75, 3.05) is 4.90 Å². The lowest BCUT2D eigenvalue weighted by Gasteiger charge is -2.32. The zero-order valence-corrected chi connectivity index (χ0v) is 30.3. The van der Waals surface area contributed by atoms with Gasteiger partial charge >= 0.3 is 0 Å². The number of rotatable bonds is 10. The molecule has 0 bridgehead atoms. The summed E-state index contributed by atoms with van der Waals surface area (Å²) in [5, 5.41) is 0. The monoisotopic (exact) mass is 684 g/mol. The SMILES string of the molecule is C=C(C)N(C1=CC=CCC1)C1=CC=C(c2ccccc2-c2ccc(N(c3ccccc3)c3ccc(-c4ccccc4)cc3)cc2-c2ccccc2)CC1. The molecule has 0 amide bonds. The fourth-order valence-corrected chi connectivity index (χ4v) is 7.71. The van der Waals surface area contributed by atoms with E-state index in [0.29, 0.717) is 0 Å². The highest BCUT2D eigenvalue weighted by atomic mass is 15.2. The van der Waals surface area contributed by atoms with Gasteiger partial charge < -0.3 is 9.80 Å². The van der Waals surface area contributed by atoms with Crippen LogP contribution in [0.15, 0.2) is 212 Å². The molecule has 0 unspecified atom stereocenters. The van der Waals surface area contributed by atoms with Crippen LogP contribution in [0, 0.1) is 0 Å². The number of para-hydroxylation sites is 1. The Balaban J connectivity index is 1.21. The van der Waals surface area contributed by atoms with Gasteiger partial charge in [0.25, 0.3) is 0 Å². The number of hydrogen-bond donors (Lipinski definition) is 0. The first kappa shape index (κ1) is 33.7. The van der Waals surface area contributed by atoms with Crippen LogP contribution in [-0.2, 0) is 0 Å². The second-order valence-corrected chi connectivity index (χ2v) is 13.8. The first-order chi connectivity index (χ1) is 26.1. The Kier molecular flexibility index (Phi) is 9.85. The van der Waals surface area contributed by atoms with Gasteiger partial charge in [0.05, 0.1) is 0 Å². The van der Waals surface area contributed by atoms with E-state index in [4.69, 9.17) is 0 Å². The lowest BCUT2D eigenvalue weighted by atomic mass is 9.86. The first-order valence-electron chi connectivity index (χ1n) is 18.6. The zero-order chi connectivity index (χ0) is 36.0. The normalized spacial score (nSPS) is 13.8. The molecule has 0 N–H and O–H groups in total. The maximum absolute atomic E-state index is 4.35. The molecule has 2 nitrogen and oxygen atoms in total. The smallest absolute Gasteiger partial charge is 0.0468 e. The molecule has 2 aliphatic rings. The minimum Gasteiger partial charge on any atom is -0.323 e. The van der Waals surface area contributed by atoms with Gasteiger partial charge in [-0.1, -0.05) is 146 Å². The Morgan fingerprint density at radius 3 is 1.68 bits per heavy atom. The van der Waals surface area contributed by atoms with Gasteiger partial charge in [-0.3, -0.25) is 0 Å². The number of hydrogen-bond acceptors (Lipinski definition) is 2. The molecule has 6 aromatic rings. The average Bonchev–Trinajstić information content (AvgIpc) is 3.23. The van der Waals surface area contributed by atoms with Gasteiger partial charge in [0, 0.05) is 34.2 Å². The molecule has 0 spiro atoms. The van der Waals surface area contributed by atoms with E-state index in [9.17, 15) is 0 Å².